The summed E-state index contributed by atoms with van der Waals surface area (Å²) in [5.41, 5.74) is 1.10. The summed E-state index contributed by atoms with van der Waals surface area (Å²) >= 11 is 0. The second kappa shape index (κ2) is 4.52. The highest BCUT2D eigenvalue weighted by Gasteiger charge is 2.13. The second-order valence-electron chi connectivity index (χ2n) is 3.27. The van der Waals surface area contributed by atoms with Crippen molar-refractivity contribution in [2.75, 3.05) is 19.8 Å². The van der Waals surface area contributed by atoms with Gasteiger partial charge in [0, 0.05) is 6.04 Å². The summed E-state index contributed by atoms with van der Waals surface area (Å²) in [4.78, 5) is 0. The molecule has 2 nitrogen and oxygen atoms in total. The van der Waals surface area contributed by atoms with Crippen LogP contribution in [0.1, 0.15) is 19.8 Å². The van der Waals surface area contributed by atoms with Crippen LogP contribution < -0.4 is 5.32 Å². The fraction of sp³-hybridized carbons (Fsp3) is 0.778. The molecule has 0 unspecified atom stereocenters. The quantitative estimate of drug-likeness (QED) is 0.618. The van der Waals surface area contributed by atoms with E-state index in [0.717, 1.165) is 18.7 Å². The lowest BCUT2D eigenvalue weighted by molar-refractivity contribution is 0.136. The van der Waals surface area contributed by atoms with Crippen molar-refractivity contribution in [1.29, 1.82) is 0 Å². The molecule has 0 aromatic rings. The van der Waals surface area contributed by atoms with Gasteiger partial charge < -0.3 is 10.1 Å². The molecule has 0 aliphatic carbocycles. The lowest BCUT2D eigenvalue weighted by atomic mass is 10.2. The Morgan fingerprint density at radius 3 is 3.09 bits per heavy atom. The lowest BCUT2D eigenvalue weighted by Crippen LogP contribution is -2.26. The van der Waals surface area contributed by atoms with Crippen LogP contribution in [-0.4, -0.2) is 25.8 Å². The minimum atomic E-state index is 0.592. The second-order valence-corrected chi connectivity index (χ2v) is 3.27. The molecule has 1 rings (SSSR count). The molecule has 1 aliphatic rings. The van der Waals surface area contributed by atoms with Gasteiger partial charge in [-0.2, -0.15) is 0 Å². The summed E-state index contributed by atoms with van der Waals surface area (Å²) in [5, 5.41) is 3.38. The molecule has 0 amide bonds. The summed E-state index contributed by atoms with van der Waals surface area (Å²) in [7, 11) is 0. The summed E-state index contributed by atoms with van der Waals surface area (Å²) in [6, 6.07) is 0.592. The van der Waals surface area contributed by atoms with Crippen LogP contribution in [0.2, 0.25) is 0 Å². The number of nitrogens with one attached hydrogen (secondary N) is 1. The zero-order valence-electron chi connectivity index (χ0n) is 7.23. The van der Waals surface area contributed by atoms with E-state index in [0.29, 0.717) is 12.6 Å². The maximum Gasteiger partial charge on any atom is 0.0672 e. The first-order valence-corrected chi connectivity index (χ1v) is 4.24. The molecule has 1 heterocycles. The predicted molar refractivity (Wildman–Crippen MR) is 46.7 cm³/mol. The van der Waals surface area contributed by atoms with Gasteiger partial charge in [-0.25, -0.2) is 0 Å². The predicted octanol–water partition coefficient (Wildman–Crippen LogP) is 1.33. The minimum absolute atomic E-state index is 0.592. The van der Waals surface area contributed by atoms with Gasteiger partial charge in [0.25, 0.3) is 0 Å². The molecule has 1 saturated heterocycles. The van der Waals surface area contributed by atoms with Crippen molar-refractivity contribution in [2.45, 2.75) is 25.8 Å². The molecule has 0 spiro atoms. The molecular weight excluding hydrogens is 138 g/mol. The largest absolute Gasteiger partial charge is 0.376 e. The van der Waals surface area contributed by atoms with E-state index in [1.807, 2.05) is 6.92 Å². The zero-order valence-corrected chi connectivity index (χ0v) is 7.23. The van der Waals surface area contributed by atoms with Crippen LogP contribution in [0.5, 0.6) is 0 Å². The fourth-order valence-electron chi connectivity index (χ4n) is 1.27. The van der Waals surface area contributed by atoms with E-state index >= 15 is 0 Å². The van der Waals surface area contributed by atoms with Crippen LogP contribution in [0.3, 0.4) is 0 Å². The van der Waals surface area contributed by atoms with Crippen molar-refractivity contribution in [3.63, 3.8) is 0 Å². The Morgan fingerprint density at radius 1 is 1.73 bits per heavy atom. The first kappa shape index (κ1) is 8.75. The van der Waals surface area contributed by atoms with Gasteiger partial charge in [0.15, 0.2) is 0 Å². The van der Waals surface area contributed by atoms with Gasteiger partial charge in [-0.15, -0.1) is 0 Å². The molecule has 0 saturated carbocycles. The Bertz CT molecular complexity index is 128. The van der Waals surface area contributed by atoms with Gasteiger partial charge in [0.1, 0.15) is 0 Å². The molecule has 0 aromatic heterocycles. The normalized spacial score (nSPS) is 23.9. The topological polar surface area (TPSA) is 21.3 Å². The maximum atomic E-state index is 5.42. The maximum absolute atomic E-state index is 5.42. The molecule has 1 atom stereocenters. The summed E-state index contributed by atoms with van der Waals surface area (Å²) in [6.07, 6.45) is 2.55. The molecule has 1 fully saturated rings. The van der Waals surface area contributed by atoms with Crippen LogP contribution >= 0.6 is 0 Å². The summed E-state index contributed by atoms with van der Waals surface area (Å²) in [6.45, 7) is 8.46. The van der Waals surface area contributed by atoms with E-state index in [-0.39, 0.29) is 0 Å². The number of rotatable bonds is 4. The number of ether oxygens (including phenoxy) is 1. The third kappa shape index (κ3) is 3.54. The SMILES string of the molecule is C=C(C)COC[C@@H]1CCCN1. The third-order valence-corrected chi connectivity index (χ3v) is 1.83. The molecule has 64 valence electrons. The van der Waals surface area contributed by atoms with Crippen LogP contribution in [0.15, 0.2) is 12.2 Å². The van der Waals surface area contributed by atoms with E-state index < -0.39 is 0 Å². The molecule has 11 heavy (non-hydrogen) atoms. The molecule has 0 bridgehead atoms. The Morgan fingerprint density at radius 2 is 2.55 bits per heavy atom. The van der Waals surface area contributed by atoms with E-state index in [2.05, 4.69) is 11.9 Å². The monoisotopic (exact) mass is 155 g/mol. The zero-order chi connectivity index (χ0) is 8.10. The Labute approximate surface area is 68.6 Å². The van der Waals surface area contributed by atoms with Crippen molar-refractivity contribution in [2.24, 2.45) is 0 Å². The van der Waals surface area contributed by atoms with Crippen LogP contribution in [0.4, 0.5) is 0 Å². The highest BCUT2D eigenvalue weighted by Crippen LogP contribution is 2.05. The molecule has 0 aromatic carbocycles. The Kier molecular flexibility index (Phi) is 3.60. The van der Waals surface area contributed by atoms with Gasteiger partial charge in [0.05, 0.1) is 13.2 Å². The number of hydrogen-bond acceptors (Lipinski definition) is 2. The van der Waals surface area contributed by atoms with Crippen molar-refractivity contribution < 1.29 is 4.74 Å². The fourth-order valence-corrected chi connectivity index (χ4v) is 1.27. The van der Waals surface area contributed by atoms with Gasteiger partial charge in [-0.05, 0) is 26.3 Å². The van der Waals surface area contributed by atoms with E-state index in [9.17, 15) is 0 Å². The highest BCUT2D eigenvalue weighted by atomic mass is 16.5. The highest BCUT2D eigenvalue weighted by molar-refractivity contribution is 4.87. The summed E-state index contributed by atoms with van der Waals surface area (Å²) < 4.78 is 5.42. The number of hydrogen-bond donors (Lipinski definition) is 1. The van der Waals surface area contributed by atoms with Gasteiger partial charge >= 0.3 is 0 Å². The smallest absolute Gasteiger partial charge is 0.0672 e. The van der Waals surface area contributed by atoms with Crippen molar-refractivity contribution >= 4 is 0 Å². The van der Waals surface area contributed by atoms with Crippen LogP contribution in [-0.2, 0) is 4.74 Å². The van der Waals surface area contributed by atoms with Crippen molar-refractivity contribution in [3.8, 4) is 0 Å². The van der Waals surface area contributed by atoms with Gasteiger partial charge in [0.2, 0.25) is 0 Å². The first-order valence-electron chi connectivity index (χ1n) is 4.24. The average molecular weight is 155 g/mol. The molecule has 0 radical (unpaired) electrons. The van der Waals surface area contributed by atoms with Crippen molar-refractivity contribution in [3.05, 3.63) is 12.2 Å². The van der Waals surface area contributed by atoms with Gasteiger partial charge in [-0.3, -0.25) is 0 Å². The Balaban J connectivity index is 1.98. The lowest BCUT2D eigenvalue weighted by Gasteiger charge is -2.09. The van der Waals surface area contributed by atoms with Crippen LogP contribution in [0, 0.1) is 0 Å². The summed E-state index contributed by atoms with van der Waals surface area (Å²) in [5.74, 6) is 0. The molecule has 1 N–H and O–H groups in total. The van der Waals surface area contributed by atoms with E-state index in [1.165, 1.54) is 12.8 Å². The van der Waals surface area contributed by atoms with Crippen LogP contribution in [0.25, 0.3) is 0 Å². The third-order valence-electron chi connectivity index (χ3n) is 1.83. The van der Waals surface area contributed by atoms with E-state index in [4.69, 9.17) is 4.74 Å². The average Bonchev–Trinajstić information content (AvgIpc) is 2.39. The molecule has 1 aliphatic heterocycles. The standard InChI is InChI=1S/C9H17NO/c1-8(2)6-11-7-9-4-3-5-10-9/h9-10H,1,3-7H2,2H3/t9-/m0/s1. The molecular formula is C9H17NO. The van der Waals surface area contributed by atoms with Crippen molar-refractivity contribution in [1.82, 2.24) is 5.32 Å². The van der Waals surface area contributed by atoms with Gasteiger partial charge in [-0.1, -0.05) is 12.2 Å². The minimum Gasteiger partial charge on any atom is -0.376 e. The molecule has 2 heteroatoms. The Hall–Kier alpha value is -0.340. The first-order chi connectivity index (χ1) is 5.29. The van der Waals surface area contributed by atoms with E-state index in [1.54, 1.807) is 0 Å².